The summed E-state index contributed by atoms with van der Waals surface area (Å²) < 4.78 is 12.9. The SMILES string of the molecule is C=C(c1cccc(-c2ccn3ccc(C(=O)OC(C)C)cc23)c1C)N1CCOCC1. The molecule has 1 aliphatic rings. The summed E-state index contributed by atoms with van der Waals surface area (Å²) in [6, 6.07) is 12.1. The molecule has 156 valence electrons. The van der Waals surface area contributed by atoms with Crippen LogP contribution < -0.4 is 0 Å². The molecule has 2 aromatic heterocycles. The van der Waals surface area contributed by atoms with Crippen molar-refractivity contribution in [1.82, 2.24) is 9.30 Å². The topological polar surface area (TPSA) is 43.2 Å². The van der Waals surface area contributed by atoms with Gasteiger partial charge in [0.2, 0.25) is 0 Å². The Morgan fingerprint density at radius 3 is 2.57 bits per heavy atom. The number of fused-ring (bicyclic) bond motifs is 1. The van der Waals surface area contributed by atoms with Gasteiger partial charge in [0.15, 0.2) is 0 Å². The summed E-state index contributed by atoms with van der Waals surface area (Å²) in [5.41, 5.74) is 7.11. The highest BCUT2D eigenvalue weighted by atomic mass is 16.5. The maximum atomic E-state index is 12.4. The van der Waals surface area contributed by atoms with E-state index in [0.29, 0.717) is 5.56 Å². The second-order valence-corrected chi connectivity index (χ2v) is 7.92. The molecule has 0 aliphatic carbocycles. The molecule has 0 radical (unpaired) electrons. The van der Waals surface area contributed by atoms with Crippen molar-refractivity contribution in [1.29, 1.82) is 0 Å². The molecule has 0 spiro atoms. The lowest BCUT2D eigenvalue weighted by Gasteiger charge is -2.31. The molecule has 0 N–H and O–H groups in total. The van der Waals surface area contributed by atoms with Crippen LogP contribution in [0.25, 0.3) is 22.3 Å². The summed E-state index contributed by atoms with van der Waals surface area (Å²) in [6.45, 7) is 13.4. The number of aromatic nitrogens is 1. The average molecular weight is 405 g/mol. The van der Waals surface area contributed by atoms with Gasteiger partial charge in [-0.2, -0.15) is 0 Å². The fourth-order valence-corrected chi connectivity index (χ4v) is 3.98. The van der Waals surface area contributed by atoms with E-state index in [1.807, 2.05) is 36.7 Å². The van der Waals surface area contributed by atoms with Gasteiger partial charge in [0.05, 0.1) is 30.4 Å². The first-order valence-corrected chi connectivity index (χ1v) is 10.4. The standard InChI is InChI=1S/C25H28N2O3/c1-17(2)30-25(28)20-8-10-27-11-9-23(24(27)16-20)22-7-5-6-21(18(22)3)19(4)26-12-14-29-15-13-26/h5-11,16-17H,4,12-15H2,1-3H3. The maximum absolute atomic E-state index is 12.4. The van der Waals surface area contributed by atoms with Crippen molar-refractivity contribution in [3.05, 3.63) is 72.1 Å². The molecule has 0 saturated carbocycles. The lowest BCUT2D eigenvalue weighted by atomic mass is 9.95. The first kappa shape index (κ1) is 20.2. The zero-order chi connectivity index (χ0) is 21.3. The van der Waals surface area contributed by atoms with Gasteiger partial charge in [0.25, 0.3) is 0 Å². The van der Waals surface area contributed by atoms with Crippen LogP contribution in [0.5, 0.6) is 0 Å². The largest absolute Gasteiger partial charge is 0.459 e. The van der Waals surface area contributed by atoms with Gasteiger partial charge in [0, 0.05) is 42.3 Å². The van der Waals surface area contributed by atoms with Crippen molar-refractivity contribution < 1.29 is 14.3 Å². The number of esters is 1. The summed E-state index contributed by atoms with van der Waals surface area (Å²) in [4.78, 5) is 14.7. The number of hydrogen-bond acceptors (Lipinski definition) is 4. The van der Waals surface area contributed by atoms with Gasteiger partial charge >= 0.3 is 5.97 Å². The highest BCUT2D eigenvalue weighted by Gasteiger charge is 2.18. The Hall–Kier alpha value is -3.05. The summed E-state index contributed by atoms with van der Waals surface area (Å²) in [7, 11) is 0. The van der Waals surface area contributed by atoms with Gasteiger partial charge in [0.1, 0.15) is 0 Å². The van der Waals surface area contributed by atoms with Gasteiger partial charge in [-0.15, -0.1) is 0 Å². The van der Waals surface area contributed by atoms with Crippen molar-refractivity contribution in [3.63, 3.8) is 0 Å². The van der Waals surface area contributed by atoms with Crippen LogP contribution in [0.1, 0.15) is 35.3 Å². The summed E-state index contributed by atoms with van der Waals surface area (Å²) in [5.74, 6) is -0.300. The summed E-state index contributed by atoms with van der Waals surface area (Å²) >= 11 is 0. The second kappa shape index (κ2) is 8.36. The zero-order valence-electron chi connectivity index (χ0n) is 17.9. The van der Waals surface area contributed by atoms with E-state index in [4.69, 9.17) is 9.47 Å². The molecule has 1 aliphatic heterocycles. The summed E-state index contributed by atoms with van der Waals surface area (Å²) in [5, 5.41) is 0. The zero-order valence-corrected chi connectivity index (χ0v) is 17.9. The molecule has 5 nitrogen and oxygen atoms in total. The number of pyridine rings is 1. The molecular weight excluding hydrogens is 376 g/mol. The first-order valence-electron chi connectivity index (χ1n) is 10.4. The minimum atomic E-state index is -0.300. The van der Waals surface area contributed by atoms with Crippen LogP contribution in [0.3, 0.4) is 0 Å². The third kappa shape index (κ3) is 3.85. The Morgan fingerprint density at radius 1 is 1.10 bits per heavy atom. The van der Waals surface area contributed by atoms with Crippen LogP contribution in [0, 0.1) is 6.92 Å². The van der Waals surface area contributed by atoms with Gasteiger partial charge in [-0.05, 0) is 50.1 Å². The van der Waals surface area contributed by atoms with Crippen LogP contribution >= 0.6 is 0 Å². The van der Waals surface area contributed by atoms with E-state index in [2.05, 4.69) is 42.7 Å². The Morgan fingerprint density at radius 2 is 1.83 bits per heavy atom. The molecule has 3 heterocycles. The Kier molecular flexibility index (Phi) is 5.64. The number of benzene rings is 1. The molecule has 1 aromatic carbocycles. The third-order valence-corrected chi connectivity index (χ3v) is 5.57. The van der Waals surface area contributed by atoms with E-state index in [9.17, 15) is 4.79 Å². The van der Waals surface area contributed by atoms with Crippen LogP contribution in [-0.2, 0) is 9.47 Å². The lowest BCUT2D eigenvalue weighted by molar-refractivity contribution is 0.0378. The van der Waals surface area contributed by atoms with E-state index in [0.717, 1.165) is 54.2 Å². The number of nitrogens with zero attached hydrogens (tertiary/aromatic N) is 2. The highest BCUT2D eigenvalue weighted by Crippen LogP contribution is 2.33. The number of carbonyl (C=O) groups excluding carboxylic acids is 1. The highest BCUT2D eigenvalue weighted by molar-refractivity contribution is 5.94. The fourth-order valence-electron chi connectivity index (χ4n) is 3.98. The van der Waals surface area contributed by atoms with Crippen LogP contribution in [0.15, 0.2) is 55.4 Å². The fraction of sp³-hybridized carbons (Fsp3) is 0.320. The van der Waals surface area contributed by atoms with Crippen molar-refractivity contribution in [2.45, 2.75) is 26.9 Å². The van der Waals surface area contributed by atoms with Crippen molar-refractivity contribution in [3.8, 4) is 11.1 Å². The normalized spacial score (nSPS) is 14.3. The molecule has 30 heavy (non-hydrogen) atoms. The molecule has 0 amide bonds. The van der Waals surface area contributed by atoms with Gasteiger partial charge in [-0.3, -0.25) is 0 Å². The quantitative estimate of drug-likeness (QED) is 0.574. The second-order valence-electron chi connectivity index (χ2n) is 7.92. The molecule has 3 aromatic rings. The van der Waals surface area contributed by atoms with Crippen molar-refractivity contribution in [2.24, 2.45) is 0 Å². The maximum Gasteiger partial charge on any atom is 0.338 e. The van der Waals surface area contributed by atoms with Gasteiger partial charge in [-0.25, -0.2) is 4.79 Å². The first-order chi connectivity index (χ1) is 14.5. The van der Waals surface area contributed by atoms with Gasteiger partial charge < -0.3 is 18.8 Å². The van der Waals surface area contributed by atoms with Gasteiger partial charge in [-0.1, -0.05) is 24.8 Å². The van der Waals surface area contributed by atoms with E-state index in [-0.39, 0.29) is 12.1 Å². The Balaban J connectivity index is 1.73. The minimum absolute atomic E-state index is 0.148. The number of carbonyl (C=O) groups is 1. The molecule has 4 rings (SSSR count). The van der Waals surface area contributed by atoms with E-state index < -0.39 is 0 Å². The molecule has 0 unspecified atom stereocenters. The molecule has 1 fully saturated rings. The molecule has 0 atom stereocenters. The molecule has 5 heteroatoms. The number of ether oxygens (including phenoxy) is 2. The Bertz CT molecular complexity index is 1090. The third-order valence-electron chi connectivity index (χ3n) is 5.57. The minimum Gasteiger partial charge on any atom is -0.459 e. The molecule has 0 bridgehead atoms. The van der Waals surface area contributed by atoms with E-state index in [1.165, 1.54) is 5.56 Å². The smallest absolute Gasteiger partial charge is 0.338 e. The lowest BCUT2D eigenvalue weighted by Crippen LogP contribution is -2.34. The number of morpholine rings is 1. The number of hydrogen-bond donors (Lipinski definition) is 0. The number of rotatable bonds is 5. The monoisotopic (exact) mass is 404 g/mol. The predicted octanol–water partition coefficient (Wildman–Crippen LogP) is 4.78. The molecule has 1 saturated heterocycles. The summed E-state index contributed by atoms with van der Waals surface area (Å²) in [6.07, 6.45) is 3.78. The van der Waals surface area contributed by atoms with Crippen LogP contribution in [-0.4, -0.2) is 47.7 Å². The Labute approximate surface area is 177 Å². The average Bonchev–Trinajstić information content (AvgIpc) is 3.16. The van der Waals surface area contributed by atoms with Crippen molar-refractivity contribution in [2.75, 3.05) is 26.3 Å². The van der Waals surface area contributed by atoms with Crippen molar-refractivity contribution >= 4 is 17.2 Å². The van der Waals surface area contributed by atoms with Crippen LogP contribution in [0.4, 0.5) is 0 Å². The van der Waals surface area contributed by atoms with E-state index >= 15 is 0 Å². The van der Waals surface area contributed by atoms with Crippen LogP contribution in [0.2, 0.25) is 0 Å². The molecular formula is C25H28N2O3. The predicted molar refractivity (Wildman–Crippen MR) is 120 cm³/mol. The van der Waals surface area contributed by atoms with E-state index in [1.54, 1.807) is 6.07 Å².